The summed E-state index contributed by atoms with van der Waals surface area (Å²) in [4.78, 5) is 0. The van der Waals surface area contributed by atoms with Gasteiger partial charge < -0.3 is 14.8 Å². The number of fused-ring (bicyclic) bond motifs is 1. The number of benzene rings is 1. The summed E-state index contributed by atoms with van der Waals surface area (Å²) in [5, 5.41) is 3.54. The average molecular weight is 269 g/mol. The molecule has 0 aromatic heterocycles. The average Bonchev–Trinajstić information content (AvgIpc) is 2.82. The first-order chi connectivity index (χ1) is 8.58. The molecule has 0 unspecified atom stereocenters. The Balaban J connectivity index is 1.97. The van der Waals surface area contributed by atoms with Crippen molar-refractivity contribution in [2.45, 2.75) is 25.1 Å². The van der Waals surface area contributed by atoms with Crippen LogP contribution in [0, 0.1) is 0 Å². The highest BCUT2D eigenvalue weighted by atomic mass is 32.2. The second-order valence-corrected chi connectivity index (χ2v) is 6.35. The Morgan fingerprint density at radius 3 is 2.78 bits per heavy atom. The molecule has 0 amide bonds. The van der Waals surface area contributed by atoms with Crippen LogP contribution in [0.25, 0.3) is 0 Å². The molecule has 4 nitrogen and oxygen atoms in total. The fourth-order valence-electron chi connectivity index (χ4n) is 1.76. The highest BCUT2D eigenvalue weighted by molar-refractivity contribution is 7.84. The van der Waals surface area contributed by atoms with Crippen LogP contribution in [0.1, 0.15) is 25.5 Å². The first-order valence-electron chi connectivity index (χ1n) is 6.03. The molecule has 0 radical (unpaired) electrons. The van der Waals surface area contributed by atoms with E-state index in [0.717, 1.165) is 23.6 Å². The van der Waals surface area contributed by atoms with Gasteiger partial charge in [0.25, 0.3) is 0 Å². The van der Waals surface area contributed by atoms with Gasteiger partial charge in [0, 0.05) is 34.9 Å². The highest BCUT2D eigenvalue weighted by Crippen LogP contribution is 2.34. The summed E-state index contributed by atoms with van der Waals surface area (Å²) < 4.78 is 21.9. The smallest absolute Gasteiger partial charge is 0.231 e. The fourth-order valence-corrected chi connectivity index (χ4v) is 2.09. The van der Waals surface area contributed by atoms with Gasteiger partial charge in [-0.3, -0.25) is 4.21 Å². The van der Waals surface area contributed by atoms with Gasteiger partial charge in [-0.05, 0) is 31.5 Å². The molecule has 0 aliphatic carbocycles. The van der Waals surface area contributed by atoms with E-state index in [1.54, 1.807) is 6.26 Å². The Morgan fingerprint density at radius 1 is 1.33 bits per heavy atom. The van der Waals surface area contributed by atoms with Crippen molar-refractivity contribution in [1.29, 1.82) is 0 Å². The van der Waals surface area contributed by atoms with Crippen molar-refractivity contribution in [1.82, 2.24) is 5.32 Å². The SMILES string of the molecule is C[C@H](NC[C@H](C)[S@](C)=O)c1ccc2c(c1)OCO2. The molecule has 1 aliphatic heterocycles. The van der Waals surface area contributed by atoms with Gasteiger partial charge in [-0.15, -0.1) is 0 Å². The number of hydrogen-bond acceptors (Lipinski definition) is 4. The number of ether oxygens (including phenoxy) is 2. The zero-order valence-electron chi connectivity index (χ0n) is 10.9. The second kappa shape index (κ2) is 5.71. The van der Waals surface area contributed by atoms with Crippen molar-refractivity contribution >= 4 is 10.8 Å². The lowest BCUT2D eigenvalue weighted by Gasteiger charge is -2.17. The van der Waals surface area contributed by atoms with Gasteiger partial charge in [-0.2, -0.15) is 0 Å². The van der Waals surface area contributed by atoms with Gasteiger partial charge >= 0.3 is 0 Å². The summed E-state index contributed by atoms with van der Waals surface area (Å²) >= 11 is 0. The van der Waals surface area contributed by atoms with Crippen LogP contribution in [0.4, 0.5) is 0 Å². The Kier molecular flexibility index (Phi) is 4.24. The molecule has 2 rings (SSSR count). The van der Waals surface area contributed by atoms with Crippen molar-refractivity contribution in [3.05, 3.63) is 23.8 Å². The normalized spacial score (nSPS) is 18.4. The Morgan fingerprint density at radius 2 is 2.06 bits per heavy atom. The molecule has 18 heavy (non-hydrogen) atoms. The Hall–Kier alpha value is -1.07. The minimum atomic E-state index is -0.790. The van der Waals surface area contributed by atoms with Crippen molar-refractivity contribution in [3.63, 3.8) is 0 Å². The van der Waals surface area contributed by atoms with Crippen LogP contribution < -0.4 is 14.8 Å². The Labute approximate surface area is 110 Å². The molecule has 1 N–H and O–H groups in total. The third kappa shape index (κ3) is 3.03. The van der Waals surface area contributed by atoms with Crippen LogP contribution in [-0.4, -0.2) is 29.1 Å². The standard InChI is InChI=1S/C13H19NO3S/c1-9(18(3)15)7-14-10(2)11-4-5-12-13(6-11)17-8-16-12/h4-6,9-10,14H,7-8H2,1-3H3/t9-,10-,18-/m0/s1. The lowest BCUT2D eigenvalue weighted by atomic mass is 10.1. The minimum absolute atomic E-state index is 0.154. The summed E-state index contributed by atoms with van der Waals surface area (Å²) in [5.41, 5.74) is 1.15. The minimum Gasteiger partial charge on any atom is -0.454 e. The van der Waals surface area contributed by atoms with Gasteiger partial charge in [0.1, 0.15) is 0 Å². The van der Waals surface area contributed by atoms with Crippen molar-refractivity contribution in [3.8, 4) is 11.5 Å². The maximum atomic E-state index is 11.3. The monoisotopic (exact) mass is 269 g/mol. The molecule has 1 heterocycles. The predicted molar refractivity (Wildman–Crippen MR) is 72.5 cm³/mol. The molecule has 3 atom stereocenters. The van der Waals surface area contributed by atoms with E-state index in [1.807, 2.05) is 25.1 Å². The van der Waals surface area contributed by atoms with Crippen LogP contribution in [-0.2, 0) is 10.8 Å². The lowest BCUT2D eigenvalue weighted by Crippen LogP contribution is -2.29. The third-order valence-electron chi connectivity index (χ3n) is 3.17. The molecular weight excluding hydrogens is 250 g/mol. The maximum absolute atomic E-state index is 11.3. The molecule has 1 aromatic carbocycles. The first kappa shape index (κ1) is 13.4. The third-order valence-corrected chi connectivity index (χ3v) is 4.47. The topological polar surface area (TPSA) is 47.6 Å². The van der Waals surface area contributed by atoms with Gasteiger partial charge in [0.15, 0.2) is 11.5 Å². The summed E-state index contributed by atoms with van der Waals surface area (Å²) in [6.45, 7) is 5.10. The largest absolute Gasteiger partial charge is 0.454 e. The highest BCUT2D eigenvalue weighted by Gasteiger charge is 2.16. The molecule has 0 fully saturated rings. The Bertz CT molecular complexity index is 450. The van der Waals surface area contributed by atoms with Crippen LogP contribution in [0.15, 0.2) is 18.2 Å². The predicted octanol–water partition coefficient (Wildman–Crippen LogP) is 1.83. The van der Waals surface area contributed by atoms with E-state index in [1.165, 1.54) is 0 Å². The van der Waals surface area contributed by atoms with Gasteiger partial charge in [-0.25, -0.2) is 0 Å². The molecule has 0 spiro atoms. The first-order valence-corrected chi connectivity index (χ1v) is 7.65. The van der Waals surface area contributed by atoms with Gasteiger partial charge in [0.05, 0.1) is 0 Å². The van der Waals surface area contributed by atoms with E-state index in [-0.39, 0.29) is 11.3 Å². The molecule has 0 saturated carbocycles. The molecular formula is C13H19NO3S. The zero-order chi connectivity index (χ0) is 13.1. The van der Waals surface area contributed by atoms with Gasteiger partial charge in [-0.1, -0.05) is 6.07 Å². The van der Waals surface area contributed by atoms with Crippen molar-refractivity contribution < 1.29 is 13.7 Å². The molecule has 0 bridgehead atoms. The van der Waals surface area contributed by atoms with Crippen molar-refractivity contribution in [2.24, 2.45) is 0 Å². The molecule has 100 valence electrons. The molecule has 1 aromatic rings. The van der Waals surface area contributed by atoms with E-state index in [9.17, 15) is 4.21 Å². The van der Waals surface area contributed by atoms with Crippen LogP contribution >= 0.6 is 0 Å². The van der Waals surface area contributed by atoms with Crippen molar-refractivity contribution in [2.75, 3.05) is 19.6 Å². The number of hydrogen-bond donors (Lipinski definition) is 1. The summed E-state index contributed by atoms with van der Waals surface area (Å²) in [6, 6.07) is 6.15. The van der Waals surface area contributed by atoms with Gasteiger partial charge in [0.2, 0.25) is 6.79 Å². The summed E-state index contributed by atoms with van der Waals surface area (Å²) in [5.74, 6) is 1.60. The summed E-state index contributed by atoms with van der Waals surface area (Å²) in [6.07, 6.45) is 1.73. The van der Waals surface area contributed by atoms with Crippen LogP contribution in [0.5, 0.6) is 11.5 Å². The molecule has 0 saturated heterocycles. The molecule has 5 heteroatoms. The zero-order valence-corrected chi connectivity index (χ0v) is 11.8. The number of rotatable bonds is 5. The van der Waals surface area contributed by atoms with Crippen LogP contribution in [0.2, 0.25) is 0 Å². The van der Waals surface area contributed by atoms with E-state index in [4.69, 9.17) is 9.47 Å². The van der Waals surface area contributed by atoms with Crippen LogP contribution in [0.3, 0.4) is 0 Å². The molecule has 1 aliphatic rings. The summed E-state index contributed by atoms with van der Waals surface area (Å²) in [7, 11) is -0.790. The maximum Gasteiger partial charge on any atom is 0.231 e. The van der Waals surface area contributed by atoms with E-state index >= 15 is 0 Å². The van der Waals surface area contributed by atoms with E-state index in [2.05, 4.69) is 12.2 Å². The van der Waals surface area contributed by atoms with E-state index in [0.29, 0.717) is 6.79 Å². The lowest BCUT2D eigenvalue weighted by molar-refractivity contribution is 0.174. The fraction of sp³-hybridized carbons (Fsp3) is 0.538. The quantitative estimate of drug-likeness (QED) is 0.886. The number of nitrogens with one attached hydrogen (secondary N) is 1. The second-order valence-electron chi connectivity index (χ2n) is 4.55. The van der Waals surface area contributed by atoms with E-state index < -0.39 is 10.8 Å².